The zero-order valence-electron chi connectivity index (χ0n) is 13.9. The van der Waals surface area contributed by atoms with E-state index in [1.165, 1.54) is 11.1 Å². The summed E-state index contributed by atoms with van der Waals surface area (Å²) in [6.45, 7) is 7.47. The van der Waals surface area contributed by atoms with E-state index in [2.05, 4.69) is 38.2 Å². The summed E-state index contributed by atoms with van der Waals surface area (Å²) >= 11 is 0. The van der Waals surface area contributed by atoms with Crippen molar-refractivity contribution in [2.24, 2.45) is 5.73 Å². The van der Waals surface area contributed by atoms with Gasteiger partial charge in [-0.3, -0.25) is 4.79 Å². The molecule has 0 heterocycles. The Balaban J connectivity index is 0.00000264. The van der Waals surface area contributed by atoms with E-state index in [-0.39, 0.29) is 23.7 Å². The molecule has 0 radical (unpaired) electrons. The maximum atomic E-state index is 12.3. The zero-order chi connectivity index (χ0) is 16.2. The van der Waals surface area contributed by atoms with Crippen molar-refractivity contribution in [3.8, 4) is 0 Å². The lowest BCUT2D eigenvalue weighted by Gasteiger charge is -2.27. The highest BCUT2D eigenvalue weighted by molar-refractivity contribution is 5.94. The Morgan fingerprint density at radius 2 is 1.70 bits per heavy atom. The number of aryl methyl sites for hydroxylation is 1. The van der Waals surface area contributed by atoms with Gasteiger partial charge in [0.25, 0.3) is 5.91 Å². The second-order valence-electron chi connectivity index (χ2n) is 6.28. The molecule has 124 valence electrons. The second kappa shape index (κ2) is 8.14. The van der Waals surface area contributed by atoms with E-state index in [9.17, 15) is 4.79 Å². The molecule has 0 aliphatic heterocycles. The Morgan fingerprint density at radius 1 is 1.09 bits per heavy atom. The molecule has 0 aromatic heterocycles. The summed E-state index contributed by atoms with van der Waals surface area (Å²) in [5.74, 6) is -0.0507. The third-order valence-electron chi connectivity index (χ3n) is 4.02. The molecule has 0 aliphatic carbocycles. The summed E-state index contributed by atoms with van der Waals surface area (Å²) < 4.78 is 0. The Morgan fingerprint density at radius 3 is 2.26 bits per heavy atom. The van der Waals surface area contributed by atoms with Gasteiger partial charge in [0.15, 0.2) is 0 Å². The smallest absolute Gasteiger partial charge is 0.251 e. The molecule has 0 saturated heterocycles. The van der Waals surface area contributed by atoms with E-state index >= 15 is 0 Å². The molecule has 0 aliphatic rings. The first kappa shape index (κ1) is 19.2. The van der Waals surface area contributed by atoms with Gasteiger partial charge in [-0.05, 0) is 35.7 Å². The lowest BCUT2D eigenvalue weighted by atomic mass is 9.82. The summed E-state index contributed by atoms with van der Waals surface area (Å²) in [6.07, 6.45) is 0. The third-order valence-corrected chi connectivity index (χ3v) is 4.02. The van der Waals surface area contributed by atoms with Crippen LogP contribution >= 0.6 is 12.4 Å². The molecule has 2 rings (SSSR count). The monoisotopic (exact) mass is 332 g/mol. The van der Waals surface area contributed by atoms with Crippen LogP contribution in [0.4, 0.5) is 0 Å². The lowest BCUT2D eigenvalue weighted by molar-refractivity contribution is 0.0945. The van der Waals surface area contributed by atoms with Gasteiger partial charge in [-0.25, -0.2) is 0 Å². The first-order valence-corrected chi connectivity index (χ1v) is 7.57. The SMILES string of the molecule is Cc1ccccc1C(C)(C)CNC(=O)c1ccc(CN)cc1.Cl. The first-order valence-electron chi connectivity index (χ1n) is 7.57. The van der Waals surface area contributed by atoms with Crippen LogP contribution in [-0.2, 0) is 12.0 Å². The average Bonchev–Trinajstić information content (AvgIpc) is 2.53. The maximum absolute atomic E-state index is 12.3. The van der Waals surface area contributed by atoms with Gasteiger partial charge in [-0.15, -0.1) is 12.4 Å². The van der Waals surface area contributed by atoms with Gasteiger partial charge in [0.05, 0.1) is 0 Å². The Hall–Kier alpha value is -1.84. The quantitative estimate of drug-likeness (QED) is 0.879. The van der Waals surface area contributed by atoms with Crippen LogP contribution in [0.3, 0.4) is 0 Å². The fourth-order valence-electron chi connectivity index (χ4n) is 2.62. The molecule has 1 amide bonds. The Kier molecular flexibility index (Phi) is 6.79. The van der Waals surface area contributed by atoms with Crippen molar-refractivity contribution in [2.75, 3.05) is 6.54 Å². The van der Waals surface area contributed by atoms with E-state index in [0.29, 0.717) is 18.7 Å². The Bertz CT molecular complexity index is 651. The number of amides is 1. The number of carbonyl (C=O) groups is 1. The van der Waals surface area contributed by atoms with Gasteiger partial charge in [-0.1, -0.05) is 50.2 Å². The van der Waals surface area contributed by atoms with Crippen molar-refractivity contribution in [3.05, 3.63) is 70.8 Å². The molecule has 0 atom stereocenters. The topological polar surface area (TPSA) is 55.1 Å². The van der Waals surface area contributed by atoms with Crippen LogP contribution in [0.25, 0.3) is 0 Å². The molecule has 2 aromatic carbocycles. The molecule has 3 nitrogen and oxygen atoms in total. The van der Waals surface area contributed by atoms with Crippen LogP contribution < -0.4 is 11.1 Å². The number of hydrogen-bond donors (Lipinski definition) is 2. The highest BCUT2D eigenvalue weighted by Crippen LogP contribution is 2.25. The molecule has 0 saturated carbocycles. The number of nitrogens with two attached hydrogens (primary N) is 1. The van der Waals surface area contributed by atoms with Crippen molar-refractivity contribution in [1.29, 1.82) is 0 Å². The maximum Gasteiger partial charge on any atom is 0.251 e. The van der Waals surface area contributed by atoms with Crippen molar-refractivity contribution in [3.63, 3.8) is 0 Å². The van der Waals surface area contributed by atoms with Gasteiger partial charge < -0.3 is 11.1 Å². The summed E-state index contributed by atoms with van der Waals surface area (Å²) in [7, 11) is 0. The lowest BCUT2D eigenvalue weighted by Crippen LogP contribution is -2.37. The number of nitrogens with one attached hydrogen (secondary N) is 1. The van der Waals surface area contributed by atoms with Crippen LogP contribution in [0.15, 0.2) is 48.5 Å². The molecule has 2 aromatic rings. The molecular formula is C19H25ClN2O. The highest BCUT2D eigenvalue weighted by atomic mass is 35.5. The fraction of sp³-hybridized carbons (Fsp3) is 0.316. The van der Waals surface area contributed by atoms with Crippen LogP contribution in [0.2, 0.25) is 0 Å². The van der Waals surface area contributed by atoms with Crippen LogP contribution in [0.1, 0.15) is 40.9 Å². The van der Waals surface area contributed by atoms with Crippen LogP contribution in [0, 0.1) is 6.92 Å². The number of halogens is 1. The van der Waals surface area contributed by atoms with Crippen molar-refractivity contribution in [2.45, 2.75) is 32.7 Å². The standard InChI is InChI=1S/C19H24N2O.ClH/c1-14-6-4-5-7-17(14)19(2,3)13-21-18(22)16-10-8-15(12-20)9-11-16;/h4-11H,12-13,20H2,1-3H3,(H,21,22);1H. The van der Waals surface area contributed by atoms with Crippen molar-refractivity contribution in [1.82, 2.24) is 5.32 Å². The van der Waals surface area contributed by atoms with E-state index < -0.39 is 0 Å². The molecule has 0 fully saturated rings. The minimum atomic E-state index is -0.113. The Labute approximate surface area is 144 Å². The average molecular weight is 333 g/mol. The zero-order valence-corrected chi connectivity index (χ0v) is 14.7. The number of carbonyl (C=O) groups excluding carboxylic acids is 1. The van der Waals surface area contributed by atoms with Gasteiger partial charge in [-0.2, -0.15) is 0 Å². The van der Waals surface area contributed by atoms with Crippen molar-refractivity contribution >= 4 is 18.3 Å². The minimum absolute atomic E-state index is 0. The first-order chi connectivity index (χ1) is 10.4. The van der Waals surface area contributed by atoms with E-state index in [1.807, 2.05) is 36.4 Å². The predicted octanol–water partition coefficient (Wildman–Crippen LogP) is 3.58. The highest BCUT2D eigenvalue weighted by Gasteiger charge is 2.23. The summed E-state index contributed by atoms with van der Waals surface area (Å²) in [5.41, 5.74) is 9.65. The fourth-order valence-corrected chi connectivity index (χ4v) is 2.62. The molecule has 0 unspecified atom stereocenters. The number of benzene rings is 2. The third kappa shape index (κ3) is 4.81. The molecule has 0 spiro atoms. The van der Waals surface area contributed by atoms with Gasteiger partial charge >= 0.3 is 0 Å². The van der Waals surface area contributed by atoms with Gasteiger partial charge in [0.1, 0.15) is 0 Å². The van der Waals surface area contributed by atoms with Crippen LogP contribution in [-0.4, -0.2) is 12.5 Å². The van der Waals surface area contributed by atoms with E-state index in [0.717, 1.165) is 5.56 Å². The minimum Gasteiger partial charge on any atom is -0.351 e. The van der Waals surface area contributed by atoms with E-state index in [1.54, 1.807) is 0 Å². The largest absolute Gasteiger partial charge is 0.351 e. The number of rotatable bonds is 5. The number of hydrogen-bond acceptors (Lipinski definition) is 2. The van der Waals surface area contributed by atoms with E-state index in [4.69, 9.17) is 5.73 Å². The van der Waals surface area contributed by atoms with Crippen molar-refractivity contribution < 1.29 is 4.79 Å². The summed E-state index contributed by atoms with van der Waals surface area (Å²) in [4.78, 5) is 12.3. The molecule has 4 heteroatoms. The van der Waals surface area contributed by atoms with Gasteiger partial charge in [0.2, 0.25) is 0 Å². The second-order valence-corrected chi connectivity index (χ2v) is 6.28. The molecule has 3 N–H and O–H groups in total. The normalized spacial score (nSPS) is 10.8. The summed E-state index contributed by atoms with van der Waals surface area (Å²) in [6, 6.07) is 15.7. The van der Waals surface area contributed by atoms with Crippen LogP contribution in [0.5, 0.6) is 0 Å². The molecule has 23 heavy (non-hydrogen) atoms. The summed E-state index contributed by atoms with van der Waals surface area (Å²) in [5, 5.41) is 3.03. The molecule has 0 bridgehead atoms. The predicted molar refractivity (Wildman–Crippen MR) is 98.1 cm³/mol. The van der Waals surface area contributed by atoms with Gasteiger partial charge in [0, 0.05) is 24.1 Å². The molecular weight excluding hydrogens is 308 g/mol.